The van der Waals surface area contributed by atoms with Crippen LogP contribution < -0.4 is 5.19 Å². The summed E-state index contributed by atoms with van der Waals surface area (Å²) in [4.78, 5) is 0. The smallest absolute Gasteiger partial charge is 0.0622 e. The van der Waals surface area contributed by atoms with Gasteiger partial charge >= 0.3 is 0 Å². The number of fused-ring (bicyclic) bond motifs is 2. The molecule has 0 spiro atoms. The standard InChI is InChI=1S/C20H13Si/c21-20-17-12-6-4-10-15(17)19(14-8-2-1-3-9-14)16-11-5-7-13-18(16)20/h1-13H. The van der Waals surface area contributed by atoms with Crippen molar-refractivity contribution in [2.45, 2.75) is 0 Å². The first-order valence-electron chi connectivity index (χ1n) is 7.07. The highest BCUT2D eigenvalue weighted by atomic mass is 28.1. The summed E-state index contributed by atoms with van der Waals surface area (Å²) < 4.78 is 0. The molecule has 97 valence electrons. The molecule has 0 aromatic heterocycles. The van der Waals surface area contributed by atoms with Gasteiger partial charge in [0.15, 0.2) is 0 Å². The van der Waals surface area contributed by atoms with E-state index >= 15 is 0 Å². The van der Waals surface area contributed by atoms with Gasteiger partial charge in [-0.3, -0.25) is 0 Å². The average molecular weight is 281 g/mol. The fourth-order valence-electron chi connectivity index (χ4n) is 3.04. The van der Waals surface area contributed by atoms with Crippen molar-refractivity contribution in [2.24, 2.45) is 0 Å². The molecule has 0 bridgehead atoms. The van der Waals surface area contributed by atoms with E-state index in [1.165, 1.54) is 37.9 Å². The maximum Gasteiger partial charge on any atom is 0.0729 e. The van der Waals surface area contributed by atoms with E-state index in [1.807, 2.05) is 0 Å². The zero-order valence-corrected chi connectivity index (χ0v) is 12.5. The Kier molecular flexibility index (Phi) is 2.87. The molecule has 3 radical (unpaired) electrons. The molecule has 0 nitrogen and oxygen atoms in total. The summed E-state index contributed by atoms with van der Waals surface area (Å²) in [6.45, 7) is 0. The zero-order chi connectivity index (χ0) is 14.2. The SMILES string of the molecule is [Si]c1c2ccccc2c(-c2ccccc2)c2ccccc12. The number of rotatable bonds is 1. The third kappa shape index (κ3) is 1.89. The van der Waals surface area contributed by atoms with E-state index in [4.69, 9.17) is 0 Å². The molecule has 0 saturated heterocycles. The van der Waals surface area contributed by atoms with E-state index in [2.05, 4.69) is 89.1 Å². The van der Waals surface area contributed by atoms with Crippen molar-refractivity contribution in [3.8, 4) is 11.1 Å². The van der Waals surface area contributed by atoms with Gasteiger partial charge in [0.1, 0.15) is 0 Å². The van der Waals surface area contributed by atoms with Gasteiger partial charge in [-0.25, -0.2) is 0 Å². The van der Waals surface area contributed by atoms with Gasteiger partial charge in [-0.15, -0.1) is 0 Å². The minimum Gasteiger partial charge on any atom is -0.0622 e. The molecule has 0 aliphatic rings. The van der Waals surface area contributed by atoms with Crippen LogP contribution in [0.5, 0.6) is 0 Å². The van der Waals surface area contributed by atoms with Crippen LogP contribution in [-0.4, -0.2) is 10.2 Å². The highest BCUT2D eigenvalue weighted by molar-refractivity contribution is 6.46. The molecule has 1 heteroatoms. The maximum absolute atomic E-state index is 3.85. The van der Waals surface area contributed by atoms with Crippen molar-refractivity contribution < 1.29 is 0 Å². The van der Waals surface area contributed by atoms with Crippen molar-refractivity contribution in [3.63, 3.8) is 0 Å². The molecule has 21 heavy (non-hydrogen) atoms. The van der Waals surface area contributed by atoms with E-state index in [-0.39, 0.29) is 0 Å². The lowest BCUT2D eigenvalue weighted by Gasteiger charge is -2.15. The third-order valence-electron chi connectivity index (χ3n) is 3.99. The normalized spacial score (nSPS) is 11.1. The van der Waals surface area contributed by atoms with E-state index in [0.29, 0.717) is 0 Å². The van der Waals surface area contributed by atoms with Crippen LogP contribution in [0, 0.1) is 0 Å². The zero-order valence-electron chi connectivity index (χ0n) is 11.5. The van der Waals surface area contributed by atoms with E-state index in [0.717, 1.165) is 0 Å². The molecule has 4 aromatic carbocycles. The molecule has 0 heterocycles. The van der Waals surface area contributed by atoms with Crippen LogP contribution in [-0.2, 0) is 0 Å². The molecular weight excluding hydrogens is 268 g/mol. The van der Waals surface area contributed by atoms with Gasteiger partial charge in [-0.1, -0.05) is 84.0 Å². The van der Waals surface area contributed by atoms with Crippen molar-refractivity contribution in [2.75, 3.05) is 0 Å². The van der Waals surface area contributed by atoms with Crippen LogP contribution in [0.15, 0.2) is 78.9 Å². The van der Waals surface area contributed by atoms with Crippen molar-refractivity contribution >= 4 is 37.0 Å². The Bertz CT molecular complexity index is 883. The van der Waals surface area contributed by atoms with E-state index in [9.17, 15) is 0 Å². The second kappa shape index (κ2) is 4.87. The molecule has 4 rings (SSSR count). The van der Waals surface area contributed by atoms with Gasteiger partial charge in [0.05, 0.1) is 10.2 Å². The first kappa shape index (κ1) is 12.4. The van der Waals surface area contributed by atoms with Crippen LogP contribution in [0.1, 0.15) is 0 Å². The number of hydrogen-bond donors (Lipinski definition) is 0. The average Bonchev–Trinajstić information content (AvgIpc) is 2.56. The fourth-order valence-corrected chi connectivity index (χ4v) is 3.48. The van der Waals surface area contributed by atoms with Gasteiger partial charge in [-0.05, 0) is 32.7 Å². The topological polar surface area (TPSA) is 0 Å². The first-order valence-corrected chi connectivity index (χ1v) is 7.57. The van der Waals surface area contributed by atoms with Crippen LogP contribution in [0.3, 0.4) is 0 Å². The second-order valence-electron chi connectivity index (χ2n) is 5.21. The summed E-state index contributed by atoms with van der Waals surface area (Å²) in [5, 5.41) is 6.25. The highest BCUT2D eigenvalue weighted by Gasteiger charge is 2.11. The van der Waals surface area contributed by atoms with E-state index in [1.54, 1.807) is 0 Å². The Balaban J connectivity index is 2.28. The molecule has 0 aliphatic carbocycles. The molecule has 0 N–H and O–H groups in total. The number of hydrogen-bond acceptors (Lipinski definition) is 0. The lowest BCUT2D eigenvalue weighted by molar-refractivity contribution is 1.68. The highest BCUT2D eigenvalue weighted by Crippen LogP contribution is 2.34. The predicted molar refractivity (Wildman–Crippen MR) is 92.3 cm³/mol. The van der Waals surface area contributed by atoms with Gasteiger partial charge in [-0.2, -0.15) is 0 Å². The van der Waals surface area contributed by atoms with Crippen LogP contribution in [0.4, 0.5) is 0 Å². The summed E-state index contributed by atoms with van der Waals surface area (Å²) in [6.07, 6.45) is 0. The molecule has 0 unspecified atom stereocenters. The lowest BCUT2D eigenvalue weighted by atomic mass is 9.92. The molecule has 0 atom stereocenters. The Hall–Kier alpha value is -2.38. The second-order valence-corrected chi connectivity index (χ2v) is 5.71. The maximum atomic E-state index is 3.85. The van der Waals surface area contributed by atoms with Gasteiger partial charge < -0.3 is 0 Å². The Labute approximate surface area is 127 Å². The summed E-state index contributed by atoms with van der Waals surface area (Å²) in [6, 6.07) is 27.8. The minimum atomic E-state index is 1.17. The molecule has 4 aromatic rings. The molecule has 0 amide bonds. The summed E-state index contributed by atoms with van der Waals surface area (Å²) in [5.74, 6) is 0. The lowest BCUT2D eigenvalue weighted by Crippen LogP contribution is -2.07. The Morgan fingerprint density at radius 1 is 0.476 bits per heavy atom. The largest absolute Gasteiger partial charge is 0.0729 e. The molecule has 0 aliphatic heterocycles. The van der Waals surface area contributed by atoms with Gasteiger partial charge in [0.25, 0.3) is 0 Å². The monoisotopic (exact) mass is 281 g/mol. The van der Waals surface area contributed by atoms with Crippen molar-refractivity contribution in [1.29, 1.82) is 0 Å². The summed E-state index contributed by atoms with van der Waals surface area (Å²) in [5.41, 5.74) is 2.57. The van der Waals surface area contributed by atoms with Crippen molar-refractivity contribution in [3.05, 3.63) is 78.9 Å². The van der Waals surface area contributed by atoms with Crippen molar-refractivity contribution in [1.82, 2.24) is 0 Å². The van der Waals surface area contributed by atoms with Crippen LogP contribution in [0.2, 0.25) is 0 Å². The predicted octanol–water partition coefficient (Wildman–Crippen LogP) is 4.45. The van der Waals surface area contributed by atoms with E-state index < -0.39 is 0 Å². The Morgan fingerprint density at radius 3 is 1.43 bits per heavy atom. The summed E-state index contributed by atoms with van der Waals surface area (Å²) in [7, 11) is 3.85. The van der Waals surface area contributed by atoms with Gasteiger partial charge in [0, 0.05) is 0 Å². The minimum absolute atomic E-state index is 1.17. The van der Waals surface area contributed by atoms with Crippen LogP contribution >= 0.6 is 0 Å². The molecular formula is C20H13Si. The fraction of sp³-hybridized carbons (Fsp3) is 0. The molecule has 0 fully saturated rings. The number of benzene rings is 4. The Morgan fingerprint density at radius 2 is 0.905 bits per heavy atom. The first-order chi connectivity index (χ1) is 10.4. The third-order valence-corrected chi connectivity index (χ3v) is 4.53. The molecule has 0 saturated carbocycles. The van der Waals surface area contributed by atoms with Gasteiger partial charge in [0.2, 0.25) is 0 Å². The quantitative estimate of drug-likeness (QED) is 0.357. The van der Waals surface area contributed by atoms with Crippen LogP contribution in [0.25, 0.3) is 32.7 Å². The summed E-state index contributed by atoms with van der Waals surface area (Å²) >= 11 is 0.